The number of aromatic nitrogens is 2. The normalized spacial score (nSPS) is 11.8. The number of halogens is 3. The summed E-state index contributed by atoms with van der Waals surface area (Å²) in [6.45, 7) is 0.0126. The Labute approximate surface area is 101 Å². The summed E-state index contributed by atoms with van der Waals surface area (Å²) in [5, 5.41) is 12.8. The molecule has 1 heterocycles. The van der Waals surface area contributed by atoms with E-state index < -0.39 is 11.7 Å². The zero-order valence-electron chi connectivity index (χ0n) is 9.35. The zero-order chi connectivity index (χ0) is 13.2. The molecule has 0 saturated carbocycles. The molecule has 0 bridgehead atoms. The second kappa shape index (κ2) is 4.81. The molecule has 96 valence electrons. The van der Waals surface area contributed by atoms with Crippen molar-refractivity contribution in [2.45, 2.75) is 12.6 Å². The zero-order valence-corrected chi connectivity index (χ0v) is 9.35. The van der Waals surface area contributed by atoms with Gasteiger partial charge < -0.3 is 5.11 Å². The smallest absolute Gasteiger partial charge is 0.396 e. The van der Waals surface area contributed by atoms with Crippen molar-refractivity contribution < 1.29 is 18.3 Å². The van der Waals surface area contributed by atoms with Crippen molar-refractivity contribution in [3.8, 4) is 5.69 Å². The Morgan fingerprint density at radius 2 is 1.83 bits per heavy atom. The molecule has 1 N–H and O–H groups in total. The van der Waals surface area contributed by atoms with Crippen LogP contribution >= 0.6 is 0 Å². The van der Waals surface area contributed by atoms with Crippen molar-refractivity contribution in [3.05, 3.63) is 47.8 Å². The van der Waals surface area contributed by atoms with Crippen LogP contribution in [0.3, 0.4) is 0 Å². The molecule has 18 heavy (non-hydrogen) atoms. The van der Waals surface area contributed by atoms with Crippen LogP contribution in [0.5, 0.6) is 0 Å². The third-order valence-corrected chi connectivity index (χ3v) is 2.50. The van der Waals surface area contributed by atoms with Crippen LogP contribution in [0.2, 0.25) is 0 Å². The van der Waals surface area contributed by atoms with Gasteiger partial charge in [0.15, 0.2) is 0 Å². The summed E-state index contributed by atoms with van der Waals surface area (Å²) >= 11 is 0. The van der Waals surface area contributed by atoms with E-state index in [0.29, 0.717) is 12.1 Å². The molecule has 1 aromatic carbocycles. The summed E-state index contributed by atoms with van der Waals surface area (Å²) in [6, 6.07) is 4.75. The summed E-state index contributed by atoms with van der Waals surface area (Å²) in [7, 11) is 0. The van der Waals surface area contributed by atoms with Crippen LogP contribution in [0, 0.1) is 0 Å². The first-order chi connectivity index (χ1) is 8.50. The van der Waals surface area contributed by atoms with Crippen molar-refractivity contribution in [1.29, 1.82) is 0 Å². The molecule has 3 nitrogen and oxygen atoms in total. The average Bonchev–Trinajstić information content (AvgIpc) is 2.77. The predicted molar refractivity (Wildman–Crippen MR) is 59.4 cm³/mol. The fourth-order valence-electron chi connectivity index (χ4n) is 1.56. The Morgan fingerprint density at radius 3 is 2.39 bits per heavy atom. The highest BCUT2D eigenvalue weighted by Crippen LogP contribution is 2.29. The van der Waals surface area contributed by atoms with E-state index in [2.05, 4.69) is 5.10 Å². The molecule has 0 aliphatic carbocycles. The lowest BCUT2D eigenvalue weighted by molar-refractivity contribution is -0.137. The van der Waals surface area contributed by atoms with Crippen LogP contribution in [0.15, 0.2) is 36.7 Å². The van der Waals surface area contributed by atoms with Crippen molar-refractivity contribution >= 4 is 0 Å². The van der Waals surface area contributed by atoms with Gasteiger partial charge >= 0.3 is 6.18 Å². The van der Waals surface area contributed by atoms with E-state index in [-0.39, 0.29) is 6.61 Å². The molecule has 0 amide bonds. The number of hydrogen-bond acceptors (Lipinski definition) is 2. The van der Waals surface area contributed by atoms with E-state index in [1.54, 1.807) is 12.4 Å². The van der Waals surface area contributed by atoms with Gasteiger partial charge in [-0.3, -0.25) is 0 Å². The van der Waals surface area contributed by atoms with Gasteiger partial charge in [0.1, 0.15) is 0 Å². The molecular weight excluding hydrogens is 245 g/mol. The highest BCUT2D eigenvalue weighted by atomic mass is 19.4. The monoisotopic (exact) mass is 256 g/mol. The lowest BCUT2D eigenvalue weighted by atomic mass is 10.2. The molecule has 1 aromatic heterocycles. The van der Waals surface area contributed by atoms with Gasteiger partial charge in [0.2, 0.25) is 0 Å². The highest BCUT2D eigenvalue weighted by molar-refractivity contribution is 5.35. The second-order valence-electron chi connectivity index (χ2n) is 3.81. The molecule has 0 unspecified atom stereocenters. The minimum atomic E-state index is -4.33. The SMILES string of the molecule is OCCc1cnn(-c2ccc(C(F)(F)F)cc2)c1. The maximum absolute atomic E-state index is 12.4. The summed E-state index contributed by atoms with van der Waals surface area (Å²) in [6.07, 6.45) is -0.599. The third-order valence-electron chi connectivity index (χ3n) is 2.50. The molecule has 0 radical (unpaired) electrons. The maximum atomic E-state index is 12.4. The van der Waals surface area contributed by atoms with E-state index in [1.165, 1.54) is 16.8 Å². The first-order valence-corrected chi connectivity index (χ1v) is 5.33. The Hall–Kier alpha value is -1.82. The Balaban J connectivity index is 2.23. The summed E-state index contributed by atoms with van der Waals surface area (Å²) in [4.78, 5) is 0. The molecule has 0 fully saturated rings. The quantitative estimate of drug-likeness (QED) is 0.915. The molecule has 0 saturated heterocycles. The van der Waals surface area contributed by atoms with Gasteiger partial charge in [-0.05, 0) is 36.2 Å². The lowest BCUT2D eigenvalue weighted by Crippen LogP contribution is -2.05. The summed E-state index contributed by atoms with van der Waals surface area (Å²) < 4.78 is 38.6. The molecule has 0 aliphatic rings. The number of benzene rings is 1. The molecule has 0 spiro atoms. The van der Waals surface area contributed by atoms with Gasteiger partial charge in [0, 0.05) is 12.8 Å². The first kappa shape index (κ1) is 12.6. The molecule has 2 aromatic rings. The highest BCUT2D eigenvalue weighted by Gasteiger charge is 2.29. The maximum Gasteiger partial charge on any atom is 0.416 e. The third kappa shape index (κ3) is 2.70. The van der Waals surface area contributed by atoms with Crippen LogP contribution in [-0.2, 0) is 12.6 Å². The summed E-state index contributed by atoms with van der Waals surface area (Å²) in [5.74, 6) is 0. The first-order valence-electron chi connectivity index (χ1n) is 5.33. The van der Waals surface area contributed by atoms with Crippen molar-refractivity contribution in [1.82, 2.24) is 9.78 Å². The Morgan fingerprint density at radius 1 is 1.17 bits per heavy atom. The number of hydrogen-bond donors (Lipinski definition) is 1. The van der Waals surface area contributed by atoms with Crippen LogP contribution in [0.25, 0.3) is 5.69 Å². The molecule has 0 aliphatic heterocycles. The van der Waals surface area contributed by atoms with E-state index in [0.717, 1.165) is 17.7 Å². The van der Waals surface area contributed by atoms with E-state index in [4.69, 9.17) is 5.11 Å². The molecule has 0 atom stereocenters. The molecule has 2 rings (SSSR count). The standard InChI is InChI=1S/C12H11F3N2O/c13-12(14,15)10-1-3-11(4-2-10)17-8-9(5-6-18)7-16-17/h1-4,7-8,18H,5-6H2. The van der Waals surface area contributed by atoms with Crippen molar-refractivity contribution in [2.24, 2.45) is 0 Å². The number of alkyl halides is 3. The number of nitrogens with zero attached hydrogens (tertiary/aromatic N) is 2. The number of rotatable bonds is 3. The minimum Gasteiger partial charge on any atom is -0.396 e. The van der Waals surface area contributed by atoms with Gasteiger partial charge in [-0.2, -0.15) is 18.3 Å². The van der Waals surface area contributed by atoms with Crippen LogP contribution in [-0.4, -0.2) is 21.5 Å². The van der Waals surface area contributed by atoms with Gasteiger partial charge in [0.25, 0.3) is 0 Å². The van der Waals surface area contributed by atoms with Crippen LogP contribution in [0.4, 0.5) is 13.2 Å². The average molecular weight is 256 g/mol. The predicted octanol–water partition coefficient (Wildman–Crippen LogP) is 2.43. The van der Waals surface area contributed by atoms with E-state index in [1.807, 2.05) is 0 Å². The second-order valence-corrected chi connectivity index (χ2v) is 3.81. The van der Waals surface area contributed by atoms with E-state index >= 15 is 0 Å². The molecule has 6 heteroatoms. The Bertz CT molecular complexity index is 517. The van der Waals surface area contributed by atoms with Crippen molar-refractivity contribution in [2.75, 3.05) is 6.61 Å². The topological polar surface area (TPSA) is 38.1 Å². The van der Waals surface area contributed by atoms with Gasteiger partial charge in [0.05, 0.1) is 17.4 Å². The van der Waals surface area contributed by atoms with Gasteiger partial charge in [-0.1, -0.05) is 0 Å². The fraction of sp³-hybridized carbons (Fsp3) is 0.250. The largest absolute Gasteiger partial charge is 0.416 e. The lowest BCUT2D eigenvalue weighted by Gasteiger charge is -2.07. The number of aliphatic hydroxyl groups is 1. The van der Waals surface area contributed by atoms with Crippen LogP contribution in [0.1, 0.15) is 11.1 Å². The number of aliphatic hydroxyl groups excluding tert-OH is 1. The van der Waals surface area contributed by atoms with Gasteiger partial charge in [-0.25, -0.2) is 4.68 Å². The molecular formula is C12H11F3N2O. The van der Waals surface area contributed by atoms with E-state index in [9.17, 15) is 13.2 Å². The van der Waals surface area contributed by atoms with Crippen LogP contribution < -0.4 is 0 Å². The van der Waals surface area contributed by atoms with Crippen molar-refractivity contribution in [3.63, 3.8) is 0 Å². The van der Waals surface area contributed by atoms with Gasteiger partial charge in [-0.15, -0.1) is 0 Å². The fourth-order valence-corrected chi connectivity index (χ4v) is 1.56. The summed E-state index contributed by atoms with van der Waals surface area (Å²) in [5.41, 5.74) is 0.693. The Kier molecular flexibility index (Phi) is 3.38. The minimum absolute atomic E-state index is 0.0126.